The summed E-state index contributed by atoms with van der Waals surface area (Å²) in [5.41, 5.74) is 0.819. The quantitative estimate of drug-likeness (QED) is 0.841. The Morgan fingerprint density at radius 2 is 1.96 bits per heavy atom. The Morgan fingerprint density at radius 1 is 1.15 bits per heavy atom. The second kappa shape index (κ2) is 9.36. The van der Waals surface area contributed by atoms with Gasteiger partial charge in [-0.25, -0.2) is 4.98 Å². The van der Waals surface area contributed by atoms with Gasteiger partial charge >= 0.3 is 0 Å². The first-order valence-corrected chi connectivity index (χ1v) is 10.4. The van der Waals surface area contributed by atoms with Gasteiger partial charge in [0.1, 0.15) is 5.82 Å². The van der Waals surface area contributed by atoms with Crippen molar-refractivity contribution in [3.05, 3.63) is 18.3 Å². The highest BCUT2D eigenvalue weighted by Gasteiger charge is 2.23. The summed E-state index contributed by atoms with van der Waals surface area (Å²) >= 11 is 0. The van der Waals surface area contributed by atoms with E-state index in [0.717, 1.165) is 49.9 Å². The molecule has 1 aromatic heterocycles. The van der Waals surface area contributed by atoms with Gasteiger partial charge in [-0.1, -0.05) is 26.7 Å². The Labute approximate surface area is 158 Å². The lowest BCUT2D eigenvalue weighted by atomic mass is 10.1. The molecule has 5 nitrogen and oxygen atoms in total. The van der Waals surface area contributed by atoms with E-state index in [9.17, 15) is 4.79 Å². The summed E-state index contributed by atoms with van der Waals surface area (Å²) in [4.78, 5) is 21.8. The maximum atomic E-state index is 12.2. The molecule has 0 unspecified atom stereocenters. The van der Waals surface area contributed by atoms with Crippen LogP contribution >= 0.6 is 0 Å². The molecule has 2 fully saturated rings. The van der Waals surface area contributed by atoms with Crippen LogP contribution in [0, 0.1) is 11.8 Å². The number of carbonyl (C=O) groups is 1. The highest BCUT2D eigenvalue weighted by Crippen LogP contribution is 2.26. The molecule has 0 radical (unpaired) electrons. The molecule has 26 heavy (non-hydrogen) atoms. The summed E-state index contributed by atoms with van der Waals surface area (Å²) in [6, 6.07) is 4.05. The average Bonchev–Trinajstić information content (AvgIpc) is 3.07. The lowest BCUT2D eigenvalue weighted by molar-refractivity contribution is -0.119. The number of pyridine rings is 1. The van der Waals surface area contributed by atoms with Gasteiger partial charge < -0.3 is 15.1 Å². The number of nitrogens with one attached hydrogen (secondary N) is 1. The molecule has 2 heterocycles. The summed E-state index contributed by atoms with van der Waals surface area (Å²) < 4.78 is 0. The van der Waals surface area contributed by atoms with Gasteiger partial charge in [0.25, 0.3) is 0 Å². The number of aromatic nitrogens is 1. The maximum Gasteiger partial charge on any atom is 0.227 e. The van der Waals surface area contributed by atoms with Gasteiger partial charge in [0, 0.05) is 25.6 Å². The molecule has 1 N–H and O–H groups in total. The number of hydrogen-bond donors (Lipinski definition) is 1. The summed E-state index contributed by atoms with van der Waals surface area (Å²) in [5.74, 6) is 2.14. The van der Waals surface area contributed by atoms with Crippen molar-refractivity contribution < 1.29 is 4.79 Å². The molecule has 144 valence electrons. The predicted molar refractivity (Wildman–Crippen MR) is 108 cm³/mol. The average molecular weight is 359 g/mol. The van der Waals surface area contributed by atoms with Gasteiger partial charge in [0.15, 0.2) is 0 Å². The van der Waals surface area contributed by atoms with Crippen LogP contribution in [0.4, 0.5) is 11.5 Å². The van der Waals surface area contributed by atoms with Crippen LogP contribution in [0.3, 0.4) is 0 Å². The molecule has 1 amide bonds. The highest BCUT2D eigenvalue weighted by molar-refractivity contribution is 5.92. The first-order chi connectivity index (χ1) is 12.6. The Balaban J connectivity index is 1.50. The third-order valence-corrected chi connectivity index (χ3v) is 5.68. The molecule has 0 atom stereocenters. The molecular weight excluding hydrogens is 324 g/mol. The van der Waals surface area contributed by atoms with E-state index < -0.39 is 0 Å². The van der Waals surface area contributed by atoms with Gasteiger partial charge in [-0.15, -0.1) is 0 Å². The number of carbonyl (C=O) groups excluding carboxylic acids is 1. The number of hydrogen-bond acceptors (Lipinski definition) is 4. The summed E-state index contributed by atoms with van der Waals surface area (Å²) in [5, 5.41) is 3.03. The van der Waals surface area contributed by atoms with Gasteiger partial charge in [0.2, 0.25) is 5.91 Å². The molecule has 5 heteroatoms. The van der Waals surface area contributed by atoms with E-state index in [1.165, 1.54) is 38.8 Å². The number of nitrogens with zero attached hydrogens (tertiary/aromatic N) is 3. The molecule has 0 bridgehead atoms. The minimum atomic E-state index is 0.160. The van der Waals surface area contributed by atoms with Crippen LogP contribution in [0.1, 0.15) is 52.4 Å². The second-order valence-electron chi connectivity index (χ2n) is 8.24. The molecule has 1 saturated heterocycles. The molecule has 3 rings (SSSR count). The van der Waals surface area contributed by atoms with Crippen LogP contribution in [-0.2, 0) is 4.79 Å². The maximum absolute atomic E-state index is 12.2. The van der Waals surface area contributed by atoms with E-state index in [4.69, 9.17) is 0 Å². The normalized spacial score (nSPS) is 19.7. The van der Waals surface area contributed by atoms with Crippen LogP contribution in [0.2, 0.25) is 0 Å². The van der Waals surface area contributed by atoms with E-state index in [1.54, 1.807) is 0 Å². The van der Waals surface area contributed by atoms with Crippen LogP contribution < -0.4 is 10.2 Å². The standard InChI is InChI=1S/C21H34N4O/c1-17(2)10-13-24-11-5-12-25(15-14-24)20-9-8-19(16-22-20)23-21(26)18-6-3-4-7-18/h8-9,16-18H,3-7,10-15H2,1-2H3,(H,23,26). The van der Waals surface area contributed by atoms with Gasteiger partial charge in [-0.05, 0) is 56.8 Å². The van der Waals surface area contributed by atoms with Gasteiger partial charge in [0.05, 0.1) is 11.9 Å². The lowest BCUT2D eigenvalue weighted by Gasteiger charge is -2.23. The molecule has 1 aliphatic carbocycles. The Bertz CT molecular complexity index is 566. The van der Waals surface area contributed by atoms with Crippen molar-refractivity contribution in [2.24, 2.45) is 11.8 Å². The SMILES string of the molecule is CC(C)CCN1CCCN(c2ccc(NC(=O)C3CCCC3)cn2)CC1. The van der Waals surface area contributed by atoms with Crippen LogP contribution in [-0.4, -0.2) is 48.5 Å². The lowest BCUT2D eigenvalue weighted by Crippen LogP contribution is -2.32. The zero-order chi connectivity index (χ0) is 18.4. The van der Waals surface area contributed by atoms with Crippen molar-refractivity contribution in [2.45, 2.75) is 52.4 Å². The fourth-order valence-electron chi connectivity index (χ4n) is 3.94. The highest BCUT2D eigenvalue weighted by atomic mass is 16.1. The van der Waals surface area contributed by atoms with E-state index in [2.05, 4.69) is 33.9 Å². The Hall–Kier alpha value is -1.62. The van der Waals surface area contributed by atoms with Crippen molar-refractivity contribution in [3.63, 3.8) is 0 Å². The third-order valence-electron chi connectivity index (χ3n) is 5.68. The van der Waals surface area contributed by atoms with E-state index in [0.29, 0.717) is 0 Å². The van der Waals surface area contributed by atoms with Gasteiger partial charge in [-0.2, -0.15) is 0 Å². The monoisotopic (exact) mass is 358 g/mol. The minimum absolute atomic E-state index is 0.160. The zero-order valence-corrected chi connectivity index (χ0v) is 16.4. The minimum Gasteiger partial charge on any atom is -0.355 e. The molecule has 1 aliphatic heterocycles. The third kappa shape index (κ3) is 5.44. The van der Waals surface area contributed by atoms with E-state index in [-0.39, 0.29) is 11.8 Å². The number of amides is 1. The van der Waals surface area contributed by atoms with Crippen LogP contribution in [0.15, 0.2) is 18.3 Å². The first kappa shape index (κ1) is 19.2. The van der Waals surface area contributed by atoms with Crippen molar-refractivity contribution >= 4 is 17.4 Å². The van der Waals surface area contributed by atoms with Crippen molar-refractivity contribution in [3.8, 4) is 0 Å². The first-order valence-electron chi connectivity index (χ1n) is 10.4. The molecule has 1 saturated carbocycles. The van der Waals surface area contributed by atoms with E-state index in [1.807, 2.05) is 18.3 Å². The Morgan fingerprint density at radius 3 is 2.65 bits per heavy atom. The fraction of sp³-hybridized carbons (Fsp3) is 0.714. The van der Waals surface area contributed by atoms with E-state index >= 15 is 0 Å². The molecule has 1 aromatic rings. The van der Waals surface area contributed by atoms with Crippen LogP contribution in [0.5, 0.6) is 0 Å². The summed E-state index contributed by atoms with van der Waals surface area (Å²) in [6.45, 7) is 10.2. The fourth-order valence-corrected chi connectivity index (χ4v) is 3.94. The second-order valence-corrected chi connectivity index (χ2v) is 8.24. The van der Waals surface area contributed by atoms with Crippen molar-refractivity contribution in [1.29, 1.82) is 0 Å². The topological polar surface area (TPSA) is 48.5 Å². The number of anilines is 2. The summed E-state index contributed by atoms with van der Waals surface area (Å²) in [7, 11) is 0. The van der Waals surface area contributed by atoms with Crippen molar-refractivity contribution in [1.82, 2.24) is 9.88 Å². The molecule has 0 aromatic carbocycles. The zero-order valence-electron chi connectivity index (χ0n) is 16.4. The number of rotatable bonds is 6. The van der Waals surface area contributed by atoms with Crippen molar-refractivity contribution in [2.75, 3.05) is 42.9 Å². The van der Waals surface area contributed by atoms with Gasteiger partial charge in [-0.3, -0.25) is 4.79 Å². The predicted octanol–water partition coefficient (Wildman–Crippen LogP) is 3.77. The smallest absolute Gasteiger partial charge is 0.227 e. The largest absolute Gasteiger partial charge is 0.355 e. The molecule has 0 spiro atoms. The Kier molecular flexibility index (Phi) is 6.89. The molecular formula is C21H34N4O. The van der Waals surface area contributed by atoms with Crippen LogP contribution in [0.25, 0.3) is 0 Å². The molecule has 2 aliphatic rings. The summed E-state index contributed by atoms with van der Waals surface area (Å²) in [6.07, 6.45) is 8.67.